The average Bonchev–Trinajstić information content (AvgIpc) is 3.06. The first-order chi connectivity index (χ1) is 10.7. The van der Waals surface area contributed by atoms with Crippen molar-refractivity contribution in [1.29, 1.82) is 0 Å². The Morgan fingerprint density at radius 2 is 2.27 bits per heavy atom. The Hall–Kier alpha value is -2.25. The molecule has 1 aromatic carbocycles. The van der Waals surface area contributed by atoms with Crippen molar-refractivity contribution in [2.75, 3.05) is 19.8 Å². The smallest absolute Gasteiger partial charge is 0.240 e. The lowest BCUT2D eigenvalue weighted by Gasteiger charge is -2.24. The second-order valence-corrected chi connectivity index (χ2v) is 5.24. The lowest BCUT2D eigenvalue weighted by molar-refractivity contribution is -0.126. The number of ether oxygens (including phenoxy) is 1. The van der Waals surface area contributed by atoms with Gasteiger partial charge in [0.25, 0.3) is 0 Å². The predicted octanol–water partition coefficient (Wildman–Crippen LogP) is 0.433. The van der Waals surface area contributed by atoms with Crippen LogP contribution in [0, 0.1) is 0 Å². The third kappa shape index (κ3) is 3.32. The van der Waals surface area contributed by atoms with Crippen molar-refractivity contribution in [3.63, 3.8) is 0 Å². The number of nitrogens with one attached hydrogen (secondary N) is 2. The van der Waals surface area contributed by atoms with Gasteiger partial charge in [-0.1, -0.05) is 23.4 Å². The van der Waals surface area contributed by atoms with Gasteiger partial charge in [-0.15, -0.1) is 5.10 Å². The van der Waals surface area contributed by atoms with E-state index in [4.69, 9.17) is 4.74 Å². The van der Waals surface area contributed by atoms with Crippen molar-refractivity contribution in [1.82, 2.24) is 25.6 Å². The van der Waals surface area contributed by atoms with Gasteiger partial charge in [0.1, 0.15) is 11.7 Å². The van der Waals surface area contributed by atoms with Crippen LogP contribution in [-0.2, 0) is 9.53 Å². The number of rotatable bonds is 4. The zero-order chi connectivity index (χ0) is 15.4. The Bertz CT molecular complexity index is 622. The number of morpholine rings is 1. The number of amides is 1. The van der Waals surface area contributed by atoms with Crippen LogP contribution in [0.5, 0.6) is 0 Å². The monoisotopic (exact) mass is 301 g/mol. The van der Waals surface area contributed by atoms with E-state index >= 15 is 0 Å². The maximum absolute atomic E-state index is 12.2. The minimum atomic E-state index is -0.305. The van der Waals surface area contributed by atoms with E-state index in [1.54, 1.807) is 4.68 Å². The van der Waals surface area contributed by atoms with Crippen LogP contribution < -0.4 is 10.6 Å². The van der Waals surface area contributed by atoms with E-state index in [0.717, 1.165) is 5.69 Å². The minimum Gasteiger partial charge on any atom is -0.378 e. The molecule has 7 nitrogen and oxygen atoms in total. The summed E-state index contributed by atoms with van der Waals surface area (Å²) in [7, 11) is 0. The number of aromatic nitrogens is 3. The molecule has 2 heterocycles. The normalized spacial score (nSPS) is 19.6. The van der Waals surface area contributed by atoms with Gasteiger partial charge in [0.15, 0.2) is 0 Å². The van der Waals surface area contributed by atoms with E-state index in [2.05, 4.69) is 20.9 Å². The van der Waals surface area contributed by atoms with Crippen molar-refractivity contribution >= 4 is 5.91 Å². The van der Waals surface area contributed by atoms with Gasteiger partial charge in [0.05, 0.1) is 31.1 Å². The fourth-order valence-corrected chi connectivity index (χ4v) is 2.30. The largest absolute Gasteiger partial charge is 0.378 e. The van der Waals surface area contributed by atoms with Gasteiger partial charge in [-0.05, 0) is 19.1 Å². The molecule has 7 heteroatoms. The second kappa shape index (κ2) is 6.67. The number of hydrogen-bond donors (Lipinski definition) is 2. The number of carbonyl (C=O) groups excluding carboxylic acids is 1. The summed E-state index contributed by atoms with van der Waals surface area (Å²) in [6.07, 6.45) is 1.82. The first-order valence-corrected chi connectivity index (χ1v) is 7.33. The fraction of sp³-hybridized carbons (Fsp3) is 0.400. The van der Waals surface area contributed by atoms with Crippen molar-refractivity contribution in [3.05, 3.63) is 42.2 Å². The lowest BCUT2D eigenvalue weighted by atomic mass is 10.2. The minimum absolute atomic E-state index is 0.0820. The van der Waals surface area contributed by atoms with E-state index < -0.39 is 0 Å². The van der Waals surface area contributed by atoms with Crippen LogP contribution in [-0.4, -0.2) is 46.7 Å². The van der Waals surface area contributed by atoms with Crippen molar-refractivity contribution in [2.45, 2.75) is 19.0 Å². The highest BCUT2D eigenvalue weighted by Crippen LogP contribution is 2.12. The quantitative estimate of drug-likeness (QED) is 0.856. The van der Waals surface area contributed by atoms with Crippen LogP contribution in [0.3, 0.4) is 0 Å². The first-order valence-electron chi connectivity index (χ1n) is 7.33. The van der Waals surface area contributed by atoms with Crippen LogP contribution >= 0.6 is 0 Å². The third-order valence-corrected chi connectivity index (χ3v) is 3.57. The van der Waals surface area contributed by atoms with Gasteiger partial charge in [-0.3, -0.25) is 4.79 Å². The number of benzene rings is 1. The van der Waals surface area contributed by atoms with Crippen molar-refractivity contribution < 1.29 is 9.53 Å². The molecule has 1 fully saturated rings. The van der Waals surface area contributed by atoms with Gasteiger partial charge in [-0.25, -0.2) is 4.68 Å². The zero-order valence-electron chi connectivity index (χ0n) is 12.4. The molecule has 2 atom stereocenters. The summed E-state index contributed by atoms with van der Waals surface area (Å²) >= 11 is 0. The van der Waals surface area contributed by atoms with Crippen molar-refractivity contribution in [2.24, 2.45) is 0 Å². The molecule has 1 amide bonds. The lowest BCUT2D eigenvalue weighted by Crippen LogP contribution is -2.51. The molecular formula is C15H19N5O2. The molecule has 0 aliphatic carbocycles. The van der Waals surface area contributed by atoms with E-state index in [0.29, 0.717) is 25.5 Å². The summed E-state index contributed by atoms with van der Waals surface area (Å²) in [6.45, 7) is 3.62. The molecule has 2 N–H and O–H groups in total. The highest BCUT2D eigenvalue weighted by Gasteiger charge is 2.23. The molecule has 0 saturated carbocycles. The van der Waals surface area contributed by atoms with Crippen LogP contribution in [0.2, 0.25) is 0 Å². The molecule has 3 rings (SSSR count). The molecule has 1 aromatic heterocycles. The predicted molar refractivity (Wildman–Crippen MR) is 80.5 cm³/mol. The van der Waals surface area contributed by atoms with Gasteiger partial charge >= 0.3 is 0 Å². The molecule has 1 saturated heterocycles. The SMILES string of the molecule is CC(NC(=O)C1COCCN1)c1cn(-c2ccccc2)nn1. The van der Waals surface area contributed by atoms with Gasteiger partial charge in [0.2, 0.25) is 5.91 Å². The Labute approximate surface area is 128 Å². The van der Waals surface area contributed by atoms with E-state index in [-0.39, 0.29) is 18.0 Å². The summed E-state index contributed by atoms with van der Waals surface area (Å²) in [5.41, 5.74) is 1.65. The number of hydrogen-bond acceptors (Lipinski definition) is 5. The molecule has 0 bridgehead atoms. The van der Waals surface area contributed by atoms with Crippen LogP contribution in [0.1, 0.15) is 18.7 Å². The average molecular weight is 301 g/mol. The zero-order valence-corrected chi connectivity index (χ0v) is 12.4. The Morgan fingerprint density at radius 1 is 1.45 bits per heavy atom. The molecule has 0 radical (unpaired) electrons. The number of nitrogens with zero attached hydrogens (tertiary/aromatic N) is 3. The summed E-state index contributed by atoms with van der Waals surface area (Å²) in [4.78, 5) is 12.2. The summed E-state index contributed by atoms with van der Waals surface area (Å²) < 4.78 is 6.99. The molecular weight excluding hydrogens is 282 g/mol. The Morgan fingerprint density at radius 3 is 3.00 bits per heavy atom. The van der Waals surface area contributed by atoms with E-state index in [1.165, 1.54) is 0 Å². The summed E-state index contributed by atoms with van der Waals surface area (Å²) in [5.74, 6) is -0.0820. The molecule has 22 heavy (non-hydrogen) atoms. The number of para-hydroxylation sites is 1. The van der Waals surface area contributed by atoms with Crippen LogP contribution in [0.15, 0.2) is 36.5 Å². The summed E-state index contributed by atoms with van der Waals surface area (Å²) in [5, 5.41) is 14.3. The fourth-order valence-electron chi connectivity index (χ4n) is 2.30. The highest BCUT2D eigenvalue weighted by molar-refractivity contribution is 5.82. The maximum Gasteiger partial charge on any atom is 0.240 e. The second-order valence-electron chi connectivity index (χ2n) is 5.24. The molecule has 1 aliphatic heterocycles. The molecule has 0 spiro atoms. The molecule has 2 aromatic rings. The van der Waals surface area contributed by atoms with Gasteiger partial charge < -0.3 is 15.4 Å². The van der Waals surface area contributed by atoms with E-state index in [1.807, 2.05) is 43.5 Å². The summed E-state index contributed by atoms with van der Waals surface area (Å²) in [6, 6.07) is 9.21. The van der Waals surface area contributed by atoms with Gasteiger partial charge in [0, 0.05) is 6.54 Å². The van der Waals surface area contributed by atoms with Crippen LogP contribution in [0.4, 0.5) is 0 Å². The Balaban J connectivity index is 1.64. The first kappa shape index (κ1) is 14.7. The molecule has 1 aliphatic rings. The van der Waals surface area contributed by atoms with Crippen molar-refractivity contribution in [3.8, 4) is 5.69 Å². The molecule has 2 unspecified atom stereocenters. The number of carbonyl (C=O) groups is 1. The maximum atomic E-state index is 12.2. The highest BCUT2D eigenvalue weighted by atomic mass is 16.5. The molecule has 116 valence electrons. The van der Waals surface area contributed by atoms with Gasteiger partial charge in [-0.2, -0.15) is 0 Å². The third-order valence-electron chi connectivity index (χ3n) is 3.57. The van der Waals surface area contributed by atoms with Crippen LogP contribution in [0.25, 0.3) is 5.69 Å². The Kier molecular flexibility index (Phi) is 4.45. The standard InChI is InChI=1S/C15H19N5O2/c1-11(17-15(21)14-10-22-8-7-16-14)13-9-20(19-18-13)12-5-3-2-4-6-12/h2-6,9,11,14,16H,7-8,10H2,1H3,(H,17,21). The topological polar surface area (TPSA) is 81.1 Å². The van der Waals surface area contributed by atoms with E-state index in [9.17, 15) is 4.79 Å².